The molecule has 2 aliphatic rings. The van der Waals surface area contributed by atoms with E-state index in [1.54, 1.807) is 12.1 Å². The Hall–Kier alpha value is -2.17. The van der Waals surface area contributed by atoms with E-state index in [4.69, 9.17) is 40.6 Å². The average Bonchev–Trinajstić information content (AvgIpc) is 3.39. The molecule has 2 saturated heterocycles. The lowest BCUT2D eigenvalue weighted by Gasteiger charge is -2.33. The summed E-state index contributed by atoms with van der Waals surface area (Å²) in [7, 11) is 0. The maximum absolute atomic E-state index is 12.4. The van der Waals surface area contributed by atoms with Gasteiger partial charge in [0.1, 0.15) is 36.2 Å². The molecule has 0 radical (unpaired) electrons. The second-order valence-corrected chi connectivity index (χ2v) is 11.4. The van der Waals surface area contributed by atoms with Crippen molar-refractivity contribution in [2.45, 2.75) is 63.4 Å². The first-order valence-electron chi connectivity index (χ1n) is 11.4. The van der Waals surface area contributed by atoms with Crippen LogP contribution in [-0.4, -0.2) is 57.4 Å². The van der Waals surface area contributed by atoms with Crippen molar-refractivity contribution in [3.05, 3.63) is 24.2 Å². The number of nitriles is 1. The average molecular weight is 526 g/mol. The van der Waals surface area contributed by atoms with Crippen LogP contribution < -0.4 is 5.73 Å². The van der Waals surface area contributed by atoms with Gasteiger partial charge in [0.15, 0.2) is 5.82 Å². The van der Waals surface area contributed by atoms with E-state index in [1.165, 1.54) is 10.8 Å². The van der Waals surface area contributed by atoms with Crippen LogP contribution in [0.4, 0.5) is 5.82 Å². The van der Waals surface area contributed by atoms with E-state index in [1.807, 2.05) is 13.8 Å². The zero-order valence-electron chi connectivity index (χ0n) is 19.4. The number of ether oxygens (including phenoxy) is 2. The number of nitrogens with zero attached hydrogens (tertiary/aromatic N) is 4. The van der Waals surface area contributed by atoms with Gasteiger partial charge in [0.25, 0.3) is 0 Å². The third-order valence-corrected chi connectivity index (χ3v) is 8.41. The minimum Gasteiger partial charge on any atom is -0.438 e. The summed E-state index contributed by atoms with van der Waals surface area (Å²) in [6, 6.07) is 5.27. The van der Waals surface area contributed by atoms with Gasteiger partial charge in [-0.25, -0.2) is 9.50 Å². The van der Waals surface area contributed by atoms with Gasteiger partial charge in [0.2, 0.25) is 12.4 Å². The molecule has 2 aromatic heterocycles. The van der Waals surface area contributed by atoms with Crippen molar-refractivity contribution in [2.75, 3.05) is 19.1 Å². The van der Waals surface area contributed by atoms with Gasteiger partial charge in [-0.3, -0.25) is 13.8 Å². The summed E-state index contributed by atoms with van der Waals surface area (Å²) < 4.78 is 29.6. The lowest BCUT2D eigenvalue weighted by atomic mass is 9.92. The van der Waals surface area contributed by atoms with Crippen molar-refractivity contribution in [2.24, 2.45) is 5.92 Å². The van der Waals surface area contributed by atoms with Gasteiger partial charge in [0.05, 0.1) is 18.2 Å². The van der Waals surface area contributed by atoms with E-state index in [-0.39, 0.29) is 30.0 Å². The van der Waals surface area contributed by atoms with Gasteiger partial charge in [0, 0.05) is 0 Å². The number of hydrogen-bond acceptors (Lipinski definition) is 12. The standard InChI is InChI=1S/C21H28N5O7PS/c1-3-5-13(6-4-2)20(28)29-12-31-34(35)30-9-15-17(33-34)18(27)21(10-22,32-15)16-8-7-14-19(23)24-11-25-26(14)16/h7-8,11,13,15,17-18,27H,3-6,9,12H2,1-2H3,(H2,23,24,25)/t15-,17-,18-,21+,34+/m1/s1. The first-order chi connectivity index (χ1) is 16.8. The highest BCUT2D eigenvalue weighted by Gasteiger charge is 2.61. The van der Waals surface area contributed by atoms with Crippen molar-refractivity contribution >= 4 is 35.8 Å². The summed E-state index contributed by atoms with van der Waals surface area (Å²) in [5.74, 6) is -0.358. The number of aromatic nitrogens is 3. The number of fused-ring (bicyclic) bond motifs is 2. The van der Waals surface area contributed by atoms with Crippen LogP contribution in [0.3, 0.4) is 0 Å². The van der Waals surface area contributed by atoms with Crippen molar-refractivity contribution in [1.82, 2.24) is 14.6 Å². The minimum absolute atomic E-state index is 0.0783. The molecule has 4 heterocycles. The largest absolute Gasteiger partial charge is 0.438 e. The van der Waals surface area contributed by atoms with Gasteiger partial charge < -0.3 is 24.8 Å². The molecule has 2 aromatic rings. The van der Waals surface area contributed by atoms with E-state index in [2.05, 4.69) is 16.2 Å². The summed E-state index contributed by atoms with van der Waals surface area (Å²) in [4.78, 5) is 16.3. The maximum Gasteiger partial charge on any atom is 0.330 e. The topological polar surface area (TPSA) is 163 Å². The van der Waals surface area contributed by atoms with Crippen LogP contribution in [0.1, 0.15) is 45.2 Å². The molecule has 2 aliphatic heterocycles. The van der Waals surface area contributed by atoms with Crippen molar-refractivity contribution in [1.29, 1.82) is 5.26 Å². The zero-order chi connectivity index (χ0) is 25.2. The van der Waals surface area contributed by atoms with Crippen LogP contribution in [0.15, 0.2) is 18.5 Å². The van der Waals surface area contributed by atoms with Crippen molar-refractivity contribution < 1.29 is 32.9 Å². The molecule has 3 N–H and O–H groups in total. The molecule has 12 nitrogen and oxygen atoms in total. The highest BCUT2D eigenvalue weighted by Crippen LogP contribution is 2.58. The minimum atomic E-state index is -3.38. The summed E-state index contributed by atoms with van der Waals surface area (Å²) in [6.45, 7) is 0.116. The molecule has 0 aliphatic carbocycles. The molecule has 0 unspecified atom stereocenters. The van der Waals surface area contributed by atoms with Crippen LogP contribution in [0.2, 0.25) is 0 Å². The first kappa shape index (κ1) is 25.9. The lowest BCUT2D eigenvalue weighted by Crippen LogP contribution is -2.43. The normalized spacial score (nSPS) is 30.3. The van der Waals surface area contributed by atoms with E-state index in [0.717, 1.165) is 25.7 Å². The SMILES string of the molecule is CCCC(CCC)C(=O)OCO[P@@]1(=S)OC[C@H]2O[C@@](C#N)(c3ccc4c(N)ncnn34)[C@H](O)[C@@H]2O1. The number of hydrogen-bond donors (Lipinski definition) is 2. The Morgan fingerprint density at radius 2 is 2.20 bits per heavy atom. The molecule has 35 heavy (non-hydrogen) atoms. The van der Waals surface area contributed by atoms with Gasteiger partial charge in [-0.1, -0.05) is 26.7 Å². The molecule has 0 amide bonds. The van der Waals surface area contributed by atoms with Crippen LogP contribution in [0.5, 0.6) is 0 Å². The molecule has 5 atom stereocenters. The summed E-state index contributed by atoms with van der Waals surface area (Å²) >= 11 is 5.42. The molecule has 0 bridgehead atoms. The van der Waals surface area contributed by atoms with Gasteiger partial charge >= 0.3 is 12.7 Å². The summed E-state index contributed by atoms with van der Waals surface area (Å²) in [5.41, 5.74) is 4.79. The van der Waals surface area contributed by atoms with E-state index in [0.29, 0.717) is 5.52 Å². The second kappa shape index (κ2) is 10.4. The van der Waals surface area contributed by atoms with Crippen LogP contribution in [0.25, 0.3) is 5.52 Å². The zero-order valence-corrected chi connectivity index (χ0v) is 21.1. The number of carbonyl (C=O) groups excluding carboxylic acids is 1. The molecule has 0 spiro atoms. The Morgan fingerprint density at radius 1 is 1.46 bits per heavy atom. The molecule has 0 aromatic carbocycles. The Kier molecular flexibility index (Phi) is 7.73. The second-order valence-electron chi connectivity index (χ2n) is 8.41. The number of esters is 1. The highest BCUT2D eigenvalue weighted by atomic mass is 32.5. The molecule has 190 valence electrons. The number of rotatable bonds is 9. The first-order valence-corrected chi connectivity index (χ1v) is 13.9. The number of anilines is 1. The van der Waals surface area contributed by atoms with Crippen LogP contribution >= 0.6 is 6.72 Å². The fourth-order valence-corrected chi connectivity index (χ4v) is 6.28. The number of nitrogens with two attached hydrogens (primary N) is 1. The maximum atomic E-state index is 12.4. The predicted octanol–water partition coefficient (Wildman–Crippen LogP) is 2.16. The number of nitrogen functional groups attached to an aromatic ring is 1. The number of aliphatic hydroxyl groups excluding tert-OH is 1. The summed E-state index contributed by atoms with van der Waals surface area (Å²) in [6.07, 6.45) is 1.17. The lowest BCUT2D eigenvalue weighted by molar-refractivity contribution is -0.157. The third kappa shape index (κ3) is 4.80. The number of carbonyl (C=O) groups is 1. The monoisotopic (exact) mass is 525 g/mol. The Balaban J connectivity index is 1.46. The highest BCUT2D eigenvalue weighted by molar-refractivity contribution is 8.07. The van der Waals surface area contributed by atoms with Crippen LogP contribution in [0, 0.1) is 17.2 Å². The Morgan fingerprint density at radius 3 is 2.89 bits per heavy atom. The van der Waals surface area contributed by atoms with E-state index >= 15 is 0 Å². The number of aliphatic hydroxyl groups is 1. The molecule has 14 heteroatoms. The quantitative estimate of drug-likeness (QED) is 0.279. The smallest absolute Gasteiger partial charge is 0.330 e. The van der Waals surface area contributed by atoms with Gasteiger partial charge in [-0.15, -0.1) is 0 Å². The Labute approximate surface area is 207 Å². The van der Waals surface area contributed by atoms with Crippen molar-refractivity contribution in [3.63, 3.8) is 0 Å². The van der Waals surface area contributed by atoms with E-state index < -0.39 is 37.4 Å². The van der Waals surface area contributed by atoms with Gasteiger partial charge in [-0.2, -0.15) is 10.4 Å². The fourth-order valence-electron chi connectivity index (χ4n) is 4.42. The summed E-state index contributed by atoms with van der Waals surface area (Å²) in [5, 5.41) is 25.4. The molecule has 4 rings (SSSR count). The molecule has 2 fully saturated rings. The van der Waals surface area contributed by atoms with E-state index in [9.17, 15) is 15.2 Å². The van der Waals surface area contributed by atoms with Gasteiger partial charge in [-0.05, 0) is 36.8 Å². The molecule has 0 saturated carbocycles. The van der Waals surface area contributed by atoms with Crippen LogP contribution in [-0.2, 0) is 45.2 Å². The third-order valence-electron chi connectivity index (χ3n) is 6.13. The Bertz CT molecular complexity index is 1170. The molecular weight excluding hydrogens is 497 g/mol. The fraction of sp³-hybridized carbons (Fsp3) is 0.619. The molecular formula is C21H28N5O7PS. The van der Waals surface area contributed by atoms with Crippen molar-refractivity contribution in [3.8, 4) is 6.07 Å². The predicted molar refractivity (Wildman–Crippen MR) is 126 cm³/mol.